The Labute approximate surface area is 190 Å². The third-order valence-corrected chi connectivity index (χ3v) is 6.68. The molecule has 1 atom stereocenters. The molecule has 1 N–H and O–H groups in total. The molecular formula is C24H24N4O3S. The first-order chi connectivity index (χ1) is 15.8. The number of benzene rings is 1. The largest absolute Gasteiger partial charge is 0.497 e. The van der Waals surface area contributed by atoms with Crippen molar-refractivity contribution in [1.29, 1.82) is 0 Å². The zero-order valence-electron chi connectivity index (χ0n) is 17.8. The van der Waals surface area contributed by atoms with Gasteiger partial charge in [-0.2, -0.15) is 0 Å². The molecule has 0 spiro atoms. The Morgan fingerprint density at radius 1 is 1.19 bits per heavy atom. The Hall–Kier alpha value is -3.23. The van der Waals surface area contributed by atoms with Crippen LogP contribution in [-0.2, 0) is 11.3 Å². The Morgan fingerprint density at radius 3 is 2.91 bits per heavy atom. The molecule has 0 saturated carbocycles. The maximum absolute atomic E-state index is 6.05. The summed E-state index contributed by atoms with van der Waals surface area (Å²) < 4.78 is 17.8. The first-order valence-corrected chi connectivity index (χ1v) is 11.4. The van der Waals surface area contributed by atoms with Gasteiger partial charge < -0.3 is 19.5 Å². The van der Waals surface area contributed by atoms with Crippen molar-refractivity contribution in [2.45, 2.75) is 13.0 Å². The van der Waals surface area contributed by atoms with E-state index in [4.69, 9.17) is 14.2 Å². The van der Waals surface area contributed by atoms with Crippen LogP contribution in [0.5, 0.6) is 11.5 Å². The minimum absolute atomic E-state index is 0.444. The summed E-state index contributed by atoms with van der Waals surface area (Å²) in [5.41, 5.74) is 3.09. The molecule has 4 aromatic rings. The van der Waals surface area contributed by atoms with Crippen molar-refractivity contribution in [2.24, 2.45) is 5.92 Å². The number of thiophene rings is 1. The monoisotopic (exact) mass is 448 g/mol. The fraction of sp³-hybridized carbons (Fsp3) is 0.292. The van der Waals surface area contributed by atoms with Gasteiger partial charge in [-0.1, -0.05) is 0 Å². The molecule has 3 aromatic heterocycles. The lowest BCUT2D eigenvalue weighted by Crippen LogP contribution is -2.13. The number of pyridine rings is 1. The molecule has 7 nitrogen and oxygen atoms in total. The summed E-state index contributed by atoms with van der Waals surface area (Å²) >= 11 is 1.67. The summed E-state index contributed by atoms with van der Waals surface area (Å²) in [6.07, 6.45) is 6.20. The van der Waals surface area contributed by atoms with Gasteiger partial charge >= 0.3 is 0 Å². The molecule has 0 aliphatic carbocycles. The average Bonchev–Trinajstić information content (AvgIpc) is 3.52. The van der Waals surface area contributed by atoms with Crippen molar-refractivity contribution in [3.63, 3.8) is 0 Å². The van der Waals surface area contributed by atoms with E-state index in [1.807, 2.05) is 18.2 Å². The predicted molar refractivity (Wildman–Crippen MR) is 125 cm³/mol. The number of fused-ring (bicyclic) bond motifs is 1. The molecule has 1 aliphatic rings. The van der Waals surface area contributed by atoms with Gasteiger partial charge in [0.25, 0.3) is 0 Å². The highest BCUT2D eigenvalue weighted by Crippen LogP contribution is 2.36. The Bertz CT molecular complexity index is 1190. The van der Waals surface area contributed by atoms with Crippen LogP contribution < -0.4 is 14.8 Å². The zero-order chi connectivity index (χ0) is 21.8. The van der Waals surface area contributed by atoms with Crippen LogP contribution in [-0.4, -0.2) is 41.9 Å². The van der Waals surface area contributed by atoms with E-state index in [1.54, 1.807) is 37.2 Å². The van der Waals surface area contributed by atoms with Crippen molar-refractivity contribution in [1.82, 2.24) is 15.0 Å². The highest BCUT2D eigenvalue weighted by atomic mass is 32.1. The lowest BCUT2D eigenvalue weighted by atomic mass is 10.1. The van der Waals surface area contributed by atoms with Crippen molar-refractivity contribution in [3.05, 3.63) is 60.7 Å². The molecule has 1 unspecified atom stereocenters. The number of ether oxygens (including phenoxy) is 3. The zero-order valence-corrected chi connectivity index (χ0v) is 18.6. The summed E-state index contributed by atoms with van der Waals surface area (Å²) in [5, 5.41) is 3.46. The lowest BCUT2D eigenvalue weighted by Gasteiger charge is -2.14. The number of nitrogens with one attached hydrogen (secondary N) is 1. The van der Waals surface area contributed by atoms with Crippen LogP contribution in [0.2, 0.25) is 0 Å². The highest BCUT2D eigenvalue weighted by molar-refractivity contribution is 7.22. The minimum Gasteiger partial charge on any atom is -0.497 e. The smallest absolute Gasteiger partial charge is 0.147 e. The van der Waals surface area contributed by atoms with E-state index in [9.17, 15) is 0 Å². The second-order valence-corrected chi connectivity index (χ2v) is 8.71. The van der Waals surface area contributed by atoms with Crippen molar-refractivity contribution >= 4 is 27.4 Å². The fourth-order valence-corrected chi connectivity index (χ4v) is 4.75. The molecule has 4 heterocycles. The number of anilines is 1. The Balaban J connectivity index is 1.33. The second kappa shape index (κ2) is 9.50. The molecule has 5 rings (SSSR count). The molecule has 1 fully saturated rings. The molecule has 1 saturated heterocycles. The first-order valence-electron chi connectivity index (χ1n) is 10.6. The minimum atomic E-state index is 0.444. The number of rotatable bonds is 8. The molecule has 164 valence electrons. The molecule has 1 aliphatic heterocycles. The standard InChI is InChI=1S/C24H24N4O3S/c1-29-19-4-2-17(3-5-19)22-10-20-23(32-22)24(28-15-27-20)26-11-18-6-8-25-12-21(18)31-14-16-7-9-30-13-16/h2-6,8,10,12,15-16H,7,9,11,13-14H2,1H3,(H,26,27,28). The van der Waals surface area contributed by atoms with E-state index in [0.29, 0.717) is 19.1 Å². The summed E-state index contributed by atoms with van der Waals surface area (Å²) in [6, 6.07) is 12.1. The van der Waals surface area contributed by atoms with Gasteiger partial charge in [-0.15, -0.1) is 11.3 Å². The van der Waals surface area contributed by atoms with E-state index in [0.717, 1.165) is 63.2 Å². The van der Waals surface area contributed by atoms with Crippen LogP contribution in [0.15, 0.2) is 55.1 Å². The van der Waals surface area contributed by atoms with Crippen LogP contribution >= 0.6 is 11.3 Å². The van der Waals surface area contributed by atoms with Crippen LogP contribution in [0.4, 0.5) is 5.82 Å². The molecule has 0 amide bonds. The van der Waals surface area contributed by atoms with Gasteiger partial charge in [-0.25, -0.2) is 9.97 Å². The summed E-state index contributed by atoms with van der Waals surface area (Å²) in [4.78, 5) is 14.3. The van der Waals surface area contributed by atoms with E-state index >= 15 is 0 Å². The number of nitrogens with zero attached hydrogens (tertiary/aromatic N) is 3. The van der Waals surface area contributed by atoms with Crippen LogP contribution in [0, 0.1) is 5.92 Å². The summed E-state index contributed by atoms with van der Waals surface area (Å²) in [5.74, 6) is 2.89. The number of aromatic nitrogens is 3. The van der Waals surface area contributed by atoms with Crippen molar-refractivity contribution in [2.75, 3.05) is 32.2 Å². The van der Waals surface area contributed by atoms with Crippen LogP contribution in [0.1, 0.15) is 12.0 Å². The molecule has 32 heavy (non-hydrogen) atoms. The van der Waals surface area contributed by atoms with Gasteiger partial charge in [-0.3, -0.25) is 4.98 Å². The van der Waals surface area contributed by atoms with Gasteiger partial charge in [-0.05, 0) is 48.4 Å². The third kappa shape index (κ3) is 4.51. The van der Waals surface area contributed by atoms with E-state index in [-0.39, 0.29) is 0 Å². The fourth-order valence-electron chi connectivity index (χ4n) is 3.66. The first kappa shape index (κ1) is 20.7. The third-order valence-electron chi connectivity index (χ3n) is 5.50. The van der Waals surface area contributed by atoms with E-state index in [2.05, 4.69) is 38.5 Å². The topological polar surface area (TPSA) is 78.4 Å². The maximum Gasteiger partial charge on any atom is 0.147 e. The van der Waals surface area contributed by atoms with Gasteiger partial charge in [0.1, 0.15) is 23.6 Å². The quantitative estimate of drug-likeness (QED) is 0.415. The molecule has 8 heteroatoms. The van der Waals surface area contributed by atoms with Crippen molar-refractivity contribution in [3.8, 4) is 21.9 Å². The van der Waals surface area contributed by atoms with Gasteiger partial charge in [0.05, 0.1) is 36.7 Å². The van der Waals surface area contributed by atoms with Crippen molar-refractivity contribution < 1.29 is 14.2 Å². The number of methoxy groups -OCH3 is 1. The second-order valence-electron chi connectivity index (χ2n) is 7.65. The molecule has 0 bridgehead atoms. The number of hydrogen-bond acceptors (Lipinski definition) is 8. The molecular weight excluding hydrogens is 424 g/mol. The normalized spacial score (nSPS) is 15.7. The molecule has 1 aromatic carbocycles. The van der Waals surface area contributed by atoms with Gasteiger partial charge in [0.15, 0.2) is 0 Å². The van der Waals surface area contributed by atoms with Crippen LogP contribution in [0.25, 0.3) is 20.7 Å². The highest BCUT2D eigenvalue weighted by Gasteiger charge is 2.17. The Morgan fingerprint density at radius 2 is 2.09 bits per heavy atom. The maximum atomic E-state index is 6.05. The van der Waals surface area contributed by atoms with Gasteiger partial charge in [0, 0.05) is 35.7 Å². The summed E-state index contributed by atoms with van der Waals surface area (Å²) in [6.45, 7) is 2.81. The van der Waals surface area contributed by atoms with E-state index in [1.165, 1.54) is 0 Å². The van der Waals surface area contributed by atoms with Crippen LogP contribution in [0.3, 0.4) is 0 Å². The van der Waals surface area contributed by atoms with Gasteiger partial charge in [0.2, 0.25) is 0 Å². The predicted octanol–water partition coefficient (Wildman–Crippen LogP) is 4.79. The lowest BCUT2D eigenvalue weighted by molar-refractivity contribution is 0.166. The molecule has 0 radical (unpaired) electrons. The SMILES string of the molecule is COc1ccc(-c2cc3ncnc(NCc4ccncc4OCC4CCOC4)c3s2)cc1. The Kier molecular flexibility index (Phi) is 6.13. The average molecular weight is 449 g/mol. The van der Waals surface area contributed by atoms with E-state index < -0.39 is 0 Å². The summed E-state index contributed by atoms with van der Waals surface area (Å²) in [7, 11) is 1.67. The number of hydrogen-bond donors (Lipinski definition) is 1.